The molecule has 0 saturated carbocycles. The number of hydrogen-bond acceptors (Lipinski definition) is 4. The Balaban J connectivity index is 1.86. The van der Waals surface area contributed by atoms with Crippen LogP contribution in [0.15, 0.2) is 48.5 Å². The molecule has 0 saturated heterocycles. The molecule has 2 aromatic carbocycles. The number of hydrogen-bond donors (Lipinski definition) is 1. The van der Waals surface area contributed by atoms with Crippen LogP contribution in [0.2, 0.25) is 0 Å². The first-order chi connectivity index (χ1) is 12.5. The number of ether oxygens (including phenoxy) is 2. The standard InChI is InChI=1S/C21H23NO4/c1-4-25-19-8-6-5-7-17(19)10-12-21(24)26-14-20(23)22-18-11-9-15(2)16(3)13-18/h5-13H,4,14H2,1-3H3,(H,22,23)/b12-10+. The van der Waals surface area contributed by atoms with Gasteiger partial charge < -0.3 is 14.8 Å². The van der Waals surface area contributed by atoms with E-state index in [2.05, 4.69) is 5.32 Å². The van der Waals surface area contributed by atoms with Gasteiger partial charge in [-0.15, -0.1) is 0 Å². The zero-order chi connectivity index (χ0) is 18.9. The molecule has 0 aliphatic carbocycles. The fraction of sp³-hybridized carbons (Fsp3) is 0.238. The molecule has 2 rings (SSSR count). The predicted octanol–water partition coefficient (Wildman–Crippen LogP) is 3.90. The maximum Gasteiger partial charge on any atom is 0.331 e. The molecule has 26 heavy (non-hydrogen) atoms. The highest BCUT2D eigenvalue weighted by atomic mass is 16.5. The molecule has 136 valence electrons. The zero-order valence-corrected chi connectivity index (χ0v) is 15.2. The van der Waals surface area contributed by atoms with E-state index in [1.807, 2.05) is 63.2 Å². The van der Waals surface area contributed by atoms with Gasteiger partial charge in [0.05, 0.1) is 6.61 Å². The van der Waals surface area contributed by atoms with Crippen LogP contribution < -0.4 is 10.1 Å². The van der Waals surface area contributed by atoms with Gasteiger partial charge in [-0.2, -0.15) is 0 Å². The number of aryl methyl sites for hydroxylation is 2. The van der Waals surface area contributed by atoms with E-state index in [4.69, 9.17) is 9.47 Å². The average molecular weight is 353 g/mol. The molecular formula is C21H23NO4. The lowest BCUT2D eigenvalue weighted by Gasteiger charge is -2.08. The number of rotatable bonds is 7. The maximum atomic E-state index is 11.9. The normalized spacial score (nSPS) is 10.6. The molecule has 0 bridgehead atoms. The third-order valence-corrected chi connectivity index (χ3v) is 3.75. The predicted molar refractivity (Wildman–Crippen MR) is 102 cm³/mol. The molecule has 0 spiro atoms. The molecule has 0 heterocycles. The van der Waals surface area contributed by atoms with Crippen LogP contribution in [-0.2, 0) is 14.3 Å². The number of nitrogens with one attached hydrogen (secondary N) is 1. The van der Waals surface area contributed by atoms with Crippen molar-refractivity contribution in [3.63, 3.8) is 0 Å². The maximum absolute atomic E-state index is 11.9. The molecule has 0 fully saturated rings. The first-order valence-electron chi connectivity index (χ1n) is 8.43. The molecule has 2 aromatic rings. The van der Waals surface area contributed by atoms with E-state index in [1.165, 1.54) is 6.08 Å². The largest absolute Gasteiger partial charge is 0.493 e. The summed E-state index contributed by atoms with van der Waals surface area (Å²) in [5.41, 5.74) is 3.67. The zero-order valence-electron chi connectivity index (χ0n) is 15.2. The highest BCUT2D eigenvalue weighted by Gasteiger charge is 2.07. The van der Waals surface area contributed by atoms with Crippen LogP contribution in [0.25, 0.3) is 6.08 Å². The Bertz CT molecular complexity index is 811. The summed E-state index contributed by atoms with van der Waals surface area (Å²) in [7, 11) is 0. The fourth-order valence-electron chi connectivity index (χ4n) is 2.26. The Morgan fingerprint density at radius 1 is 1.08 bits per heavy atom. The van der Waals surface area contributed by atoms with Crippen LogP contribution >= 0.6 is 0 Å². The van der Waals surface area contributed by atoms with E-state index in [0.717, 1.165) is 16.7 Å². The summed E-state index contributed by atoms with van der Waals surface area (Å²) in [5.74, 6) is -0.289. The molecule has 1 N–H and O–H groups in total. The summed E-state index contributed by atoms with van der Waals surface area (Å²) in [4.78, 5) is 23.7. The number of esters is 1. The lowest BCUT2D eigenvalue weighted by Crippen LogP contribution is -2.20. The first-order valence-corrected chi connectivity index (χ1v) is 8.43. The fourth-order valence-corrected chi connectivity index (χ4v) is 2.26. The molecule has 0 atom stereocenters. The van der Waals surface area contributed by atoms with Crippen molar-refractivity contribution in [3.05, 3.63) is 65.2 Å². The highest BCUT2D eigenvalue weighted by molar-refractivity contribution is 5.94. The molecule has 0 aromatic heterocycles. The topological polar surface area (TPSA) is 64.6 Å². The van der Waals surface area contributed by atoms with Crippen molar-refractivity contribution in [2.45, 2.75) is 20.8 Å². The molecule has 0 aliphatic heterocycles. The van der Waals surface area contributed by atoms with Crippen molar-refractivity contribution < 1.29 is 19.1 Å². The highest BCUT2D eigenvalue weighted by Crippen LogP contribution is 2.19. The first kappa shape index (κ1) is 19.2. The molecule has 0 radical (unpaired) electrons. The molecule has 1 amide bonds. The van der Waals surface area contributed by atoms with Gasteiger partial charge in [0.25, 0.3) is 5.91 Å². The van der Waals surface area contributed by atoms with E-state index < -0.39 is 5.97 Å². The van der Waals surface area contributed by atoms with Crippen LogP contribution in [-0.4, -0.2) is 25.1 Å². The second-order valence-corrected chi connectivity index (χ2v) is 5.76. The third-order valence-electron chi connectivity index (χ3n) is 3.75. The van der Waals surface area contributed by atoms with Crippen LogP contribution in [0.1, 0.15) is 23.6 Å². The smallest absolute Gasteiger partial charge is 0.331 e. The van der Waals surface area contributed by atoms with Gasteiger partial charge in [-0.3, -0.25) is 4.79 Å². The monoisotopic (exact) mass is 353 g/mol. The van der Waals surface area contributed by atoms with Crippen LogP contribution in [0, 0.1) is 13.8 Å². The Hall–Kier alpha value is -3.08. The Morgan fingerprint density at radius 3 is 2.58 bits per heavy atom. The van der Waals surface area contributed by atoms with E-state index in [1.54, 1.807) is 6.08 Å². The van der Waals surface area contributed by atoms with Crippen LogP contribution in [0.4, 0.5) is 5.69 Å². The van der Waals surface area contributed by atoms with Gasteiger partial charge in [0.1, 0.15) is 5.75 Å². The van der Waals surface area contributed by atoms with E-state index in [0.29, 0.717) is 18.0 Å². The van der Waals surface area contributed by atoms with Gasteiger partial charge in [-0.25, -0.2) is 4.79 Å². The Labute approximate surface area is 153 Å². The second-order valence-electron chi connectivity index (χ2n) is 5.76. The van der Waals surface area contributed by atoms with Crippen molar-refractivity contribution >= 4 is 23.6 Å². The van der Waals surface area contributed by atoms with Crippen molar-refractivity contribution in [2.75, 3.05) is 18.5 Å². The van der Waals surface area contributed by atoms with Gasteiger partial charge in [-0.1, -0.05) is 24.3 Å². The molecule has 0 aliphatic rings. The molecule has 0 unspecified atom stereocenters. The number of carbonyl (C=O) groups excluding carboxylic acids is 2. The molecule has 5 heteroatoms. The Kier molecular flexibility index (Phi) is 6.97. The molecule has 5 nitrogen and oxygen atoms in total. The number of carbonyl (C=O) groups is 2. The summed E-state index contributed by atoms with van der Waals surface area (Å²) < 4.78 is 10.5. The van der Waals surface area contributed by atoms with Gasteiger partial charge in [0.2, 0.25) is 0 Å². The number of anilines is 1. The van der Waals surface area contributed by atoms with Crippen LogP contribution in [0.3, 0.4) is 0 Å². The van der Waals surface area contributed by atoms with Gasteiger partial charge in [-0.05, 0) is 56.2 Å². The van der Waals surface area contributed by atoms with Gasteiger partial charge in [0, 0.05) is 17.3 Å². The van der Waals surface area contributed by atoms with Crippen molar-refractivity contribution in [1.29, 1.82) is 0 Å². The number of para-hydroxylation sites is 1. The summed E-state index contributed by atoms with van der Waals surface area (Å²) in [6.07, 6.45) is 2.88. The van der Waals surface area contributed by atoms with Gasteiger partial charge in [0.15, 0.2) is 6.61 Å². The minimum absolute atomic E-state index is 0.344. The number of benzene rings is 2. The van der Waals surface area contributed by atoms with E-state index >= 15 is 0 Å². The lowest BCUT2D eigenvalue weighted by atomic mass is 10.1. The van der Waals surface area contributed by atoms with E-state index in [9.17, 15) is 9.59 Å². The third kappa shape index (κ3) is 5.77. The summed E-state index contributed by atoms with van der Waals surface area (Å²) in [6.45, 7) is 6.05. The minimum Gasteiger partial charge on any atom is -0.493 e. The van der Waals surface area contributed by atoms with Crippen molar-refractivity contribution in [1.82, 2.24) is 0 Å². The lowest BCUT2D eigenvalue weighted by molar-refractivity contribution is -0.142. The summed E-state index contributed by atoms with van der Waals surface area (Å²) in [5, 5.41) is 2.70. The van der Waals surface area contributed by atoms with Gasteiger partial charge >= 0.3 is 5.97 Å². The SMILES string of the molecule is CCOc1ccccc1/C=C/C(=O)OCC(=O)Nc1ccc(C)c(C)c1. The minimum atomic E-state index is -0.591. The molecular weight excluding hydrogens is 330 g/mol. The second kappa shape index (κ2) is 9.42. The summed E-state index contributed by atoms with van der Waals surface area (Å²) in [6, 6.07) is 13.0. The average Bonchev–Trinajstić information content (AvgIpc) is 2.62. The Morgan fingerprint density at radius 2 is 1.85 bits per heavy atom. The summed E-state index contributed by atoms with van der Waals surface area (Å²) >= 11 is 0. The number of amides is 1. The van der Waals surface area contributed by atoms with Crippen molar-refractivity contribution in [2.24, 2.45) is 0 Å². The van der Waals surface area contributed by atoms with Crippen molar-refractivity contribution in [3.8, 4) is 5.75 Å². The van der Waals surface area contributed by atoms with E-state index in [-0.39, 0.29) is 12.5 Å². The quantitative estimate of drug-likeness (QED) is 0.606. The van der Waals surface area contributed by atoms with Crippen LogP contribution in [0.5, 0.6) is 5.75 Å².